The molecule has 0 unspecified atom stereocenters. The zero-order valence-corrected chi connectivity index (χ0v) is 7.93. The number of aromatic nitrogens is 1. The first-order chi connectivity index (χ1) is 6.61. The highest BCUT2D eigenvalue weighted by molar-refractivity contribution is 6.32. The highest BCUT2D eigenvalue weighted by Crippen LogP contribution is 2.31. The molecule has 0 aliphatic rings. The number of halogens is 3. The normalized spacial score (nSPS) is 11.0. The lowest BCUT2D eigenvalue weighted by Crippen LogP contribution is -2.05. The van der Waals surface area contributed by atoms with E-state index < -0.39 is 18.6 Å². The van der Waals surface area contributed by atoms with Gasteiger partial charge in [-0.25, -0.2) is 8.78 Å². The molecule has 0 aliphatic carbocycles. The van der Waals surface area contributed by atoms with Crippen molar-refractivity contribution in [1.29, 1.82) is 0 Å². The smallest absolute Gasteiger partial charge is 0.267 e. The van der Waals surface area contributed by atoms with Gasteiger partial charge >= 0.3 is 0 Å². The molecule has 1 rings (SSSR count). The summed E-state index contributed by atoms with van der Waals surface area (Å²) < 4.78 is 25.0. The average Bonchev–Trinajstić information content (AvgIpc) is 2.16. The average molecular weight is 223 g/mol. The van der Waals surface area contributed by atoms with Crippen LogP contribution in [-0.4, -0.2) is 10.1 Å². The fourth-order valence-corrected chi connectivity index (χ4v) is 1.39. The van der Waals surface area contributed by atoms with E-state index in [2.05, 4.69) is 4.98 Å². The molecule has 0 fully saturated rings. The molecule has 0 amide bonds. The molecule has 0 aliphatic heterocycles. The quantitative estimate of drug-likeness (QED) is 0.817. The molecular formula is C8H9ClF2N2O. The highest BCUT2D eigenvalue weighted by Gasteiger charge is 2.19. The van der Waals surface area contributed by atoms with E-state index >= 15 is 0 Å². The van der Waals surface area contributed by atoms with Crippen LogP contribution >= 0.6 is 11.6 Å². The zero-order chi connectivity index (χ0) is 10.7. The molecule has 0 atom stereocenters. The van der Waals surface area contributed by atoms with E-state index in [9.17, 15) is 8.78 Å². The second-order valence-electron chi connectivity index (χ2n) is 2.62. The van der Waals surface area contributed by atoms with Crippen LogP contribution in [0.25, 0.3) is 0 Å². The van der Waals surface area contributed by atoms with Crippen LogP contribution in [0.5, 0.6) is 0 Å². The number of pyridine rings is 1. The maximum atomic E-state index is 12.5. The van der Waals surface area contributed by atoms with Gasteiger partial charge in [0.25, 0.3) is 6.43 Å². The lowest BCUT2D eigenvalue weighted by molar-refractivity contribution is 0.146. The summed E-state index contributed by atoms with van der Waals surface area (Å²) in [4.78, 5) is 3.66. The Bertz CT molecular complexity index is 333. The van der Waals surface area contributed by atoms with E-state index in [1.165, 1.54) is 6.20 Å². The van der Waals surface area contributed by atoms with Crippen LogP contribution in [0.4, 0.5) is 8.78 Å². The van der Waals surface area contributed by atoms with Crippen LogP contribution in [0.3, 0.4) is 0 Å². The van der Waals surface area contributed by atoms with Crippen LogP contribution in [0, 0.1) is 0 Å². The van der Waals surface area contributed by atoms with Gasteiger partial charge in [0, 0.05) is 18.3 Å². The summed E-state index contributed by atoms with van der Waals surface area (Å²) in [5.41, 5.74) is 5.08. The summed E-state index contributed by atoms with van der Waals surface area (Å²) in [6, 6.07) is 0. The Balaban J connectivity index is 3.31. The van der Waals surface area contributed by atoms with Gasteiger partial charge < -0.3 is 10.8 Å². The first-order valence-corrected chi connectivity index (χ1v) is 4.24. The molecule has 0 spiro atoms. The van der Waals surface area contributed by atoms with E-state index in [4.69, 9.17) is 22.4 Å². The molecule has 1 heterocycles. The van der Waals surface area contributed by atoms with Gasteiger partial charge in [0.05, 0.1) is 22.9 Å². The number of hydrogen-bond acceptors (Lipinski definition) is 3. The number of rotatable bonds is 3. The Hall–Kier alpha value is -0.780. The molecule has 78 valence electrons. The Kier molecular flexibility index (Phi) is 3.74. The minimum Gasteiger partial charge on any atom is -0.390 e. The Morgan fingerprint density at radius 1 is 1.57 bits per heavy atom. The SMILES string of the molecule is NCc1cnc(CO)c(C(F)F)c1Cl. The maximum absolute atomic E-state index is 12.5. The third-order valence-electron chi connectivity index (χ3n) is 1.79. The van der Waals surface area contributed by atoms with E-state index in [1.807, 2.05) is 0 Å². The Labute approximate surface area is 84.5 Å². The van der Waals surface area contributed by atoms with Crippen molar-refractivity contribution in [3.05, 3.63) is 28.0 Å². The van der Waals surface area contributed by atoms with Crippen molar-refractivity contribution in [2.45, 2.75) is 19.6 Å². The van der Waals surface area contributed by atoms with Gasteiger partial charge in [-0.15, -0.1) is 0 Å². The molecule has 14 heavy (non-hydrogen) atoms. The topological polar surface area (TPSA) is 59.1 Å². The van der Waals surface area contributed by atoms with Crippen LogP contribution < -0.4 is 5.73 Å². The van der Waals surface area contributed by atoms with Gasteiger partial charge in [0.15, 0.2) is 0 Å². The highest BCUT2D eigenvalue weighted by atomic mass is 35.5. The fourth-order valence-electron chi connectivity index (χ4n) is 1.07. The van der Waals surface area contributed by atoms with Crippen LogP contribution in [0.15, 0.2) is 6.20 Å². The first-order valence-electron chi connectivity index (χ1n) is 3.87. The summed E-state index contributed by atoms with van der Waals surface area (Å²) in [6.07, 6.45) is -1.47. The van der Waals surface area contributed by atoms with Crippen molar-refractivity contribution in [3.8, 4) is 0 Å². The maximum Gasteiger partial charge on any atom is 0.267 e. The van der Waals surface area contributed by atoms with Gasteiger partial charge in [-0.3, -0.25) is 4.98 Å². The van der Waals surface area contributed by atoms with Crippen molar-refractivity contribution in [3.63, 3.8) is 0 Å². The monoisotopic (exact) mass is 222 g/mol. The zero-order valence-electron chi connectivity index (χ0n) is 7.17. The standard InChI is InChI=1S/C8H9ClF2N2O/c9-7-4(1-12)2-13-5(3-14)6(7)8(10)11/h2,8,14H,1,3,12H2. The minimum absolute atomic E-state index is 0.0390. The second-order valence-corrected chi connectivity index (χ2v) is 3.00. The largest absolute Gasteiger partial charge is 0.390 e. The number of aliphatic hydroxyl groups excluding tert-OH is 1. The van der Waals surface area contributed by atoms with Crippen molar-refractivity contribution in [1.82, 2.24) is 4.98 Å². The molecule has 0 radical (unpaired) electrons. The van der Waals surface area contributed by atoms with Gasteiger partial charge in [0.2, 0.25) is 0 Å². The molecule has 0 saturated carbocycles. The molecule has 6 heteroatoms. The number of aliphatic hydroxyl groups is 1. The van der Waals surface area contributed by atoms with Gasteiger partial charge in [-0.2, -0.15) is 0 Å². The molecule has 1 aromatic heterocycles. The summed E-state index contributed by atoms with van der Waals surface area (Å²) in [7, 11) is 0. The van der Waals surface area contributed by atoms with E-state index in [1.54, 1.807) is 0 Å². The summed E-state index contributed by atoms with van der Waals surface area (Å²) >= 11 is 5.68. The summed E-state index contributed by atoms with van der Waals surface area (Å²) in [6.45, 7) is -0.526. The summed E-state index contributed by atoms with van der Waals surface area (Å²) in [5, 5.41) is 8.66. The Morgan fingerprint density at radius 3 is 2.64 bits per heavy atom. The molecule has 3 nitrogen and oxygen atoms in total. The predicted molar refractivity (Wildman–Crippen MR) is 48.0 cm³/mol. The van der Waals surface area contributed by atoms with Gasteiger partial charge in [-0.05, 0) is 0 Å². The van der Waals surface area contributed by atoms with E-state index in [0.717, 1.165) is 0 Å². The van der Waals surface area contributed by atoms with Gasteiger partial charge in [-0.1, -0.05) is 11.6 Å². The third kappa shape index (κ3) is 2.00. The first kappa shape index (κ1) is 11.3. The van der Waals surface area contributed by atoms with Crippen molar-refractivity contribution >= 4 is 11.6 Å². The molecule has 0 saturated heterocycles. The number of nitrogens with two attached hydrogens (primary N) is 1. The predicted octanol–water partition coefficient (Wildman–Crippen LogP) is 1.62. The number of nitrogens with zero attached hydrogens (tertiary/aromatic N) is 1. The van der Waals surface area contributed by atoms with Gasteiger partial charge in [0.1, 0.15) is 0 Å². The number of hydrogen-bond donors (Lipinski definition) is 2. The van der Waals surface area contributed by atoms with Crippen molar-refractivity contribution in [2.75, 3.05) is 0 Å². The molecular weight excluding hydrogens is 214 g/mol. The fraction of sp³-hybridized carbons (Fsp3) is 0.375. The van der Waals surface area contributed by atoms with Crippen LogP contribution in [0.1, 0.15) is 23.2 Å². The van der Waals surface area contributed by atoms with Crippen LogP contribution in [0.2, 0.25) is 5.02 Å². The van der Waals surface area contributed by atoms with Crippen molar-refractivity contribution in [2.24, 2.45) is 5.73 Å². The lowest BCUT2D eigenvalue weighted by Gasteiger charge is -2.10. The van der Waals surface area contributed by atoms with E-state index in [-0.39, 0.29) is 17.3 Å². The second kappa shape index (κ2) is 4.63. The van der Waals surface area contributed by atoms with Crippen LogP contribution in [-0.2, 0) is 13.2 Å². The Morgan fingerprint density at radius 2 is 2.21 bits per heavy atom. The third-order valence-corrected chi connectivity index (χ3v) is 2.24. The molecule has 0 aromatic carbocycles. The number of alkyl halides is 2. The minimum atomic E-state index is -2.76. The van der Waals surface area contributed by atoms with E-state index in [0.29, 0.717) is 5.56 Å². The molecule has 1 aromatic rings. The summed E-state index contributed by atoms with van der Waals surface area (Å²) in [5.74, 6) is 0. The molecule has 0 bridgehead atoms. The lowest BCUT2D eigenvalue weighted by atomic mass is 10.1. The van der Waals surface area contributed by atoms with Crippen molar-refractivity contribution < 1.29 is 13.9 Å². The molecule has 3 N–H and O–H groups in total.